The van der Waals surface area contributed by atoms with Gasteiger partial charge in [-0.1, -0.05) is 6.07 Å². The maximum Gasteiger partial charge on any atom is 0.0541 e. The second-order valence-electron chi connectivity index (χ2n) is 3.94. The Kier molecular flexibility index (Phi) is 3.04. The summed E-state index contributed by atoms with van der Waals surface area (Å²) >= 11 is 5.94. The molecule has 1 aliphatic carbocycles. The fourth-order valence-electron chi connectivity index (χ4n) is 1.74. The lowest BCUT2D eigenvalue weighted by Gasteiger charge is -2.41. The molecular weight excluding hydrogens is 196 g/mol. The van der Waals surface area contributed by atoms with E-state index in [1.807, 2.05) is 24.4 Å². The Morgan fingerprint density at radius 2 is 2.29 bits per heavy atom. The summed E-state index contributed by atoms with van der Waals surface area (Å²) in [6.45, 7) is 0.827. The van der Waals surface area contributed by atoms with Crippen molar-refractivity contribution < 1.29 is 0 Å². The summed E-state index contributed by atoms with van der Waals surface area (Å²) in [7, 11) is 0. The minimum Gasteiger partial charge on any atom is -0.304 e. The number of nitrogens with one attached hydrogen (secondary N) is 1. The van der Waals surface area contributed by atoms with E-state index in [0.717, 1.165) is 12.2 Å². The van der Waals surface area contributed by atoms with Crippen LogP contribution in [0.25, 0.3) is 0 Å². The summed E-state index contributed by atoms with van der Waals surface area (Å²) in [6.07, 6.45) is 5.51. The fraction of sp³-hybridized carbons (Fsp3) is 0.545. The zero-order valence-corrected chi connectivity index (χ0v) is 8.93. The minimum absolute atomic E-state index is 0.194. The number of aromatic nitrogens is 1. The lowest BCUT2D eigenvalue weighted by atomic mass is 9.78. The van der Waals surface area contributed by atoms with Crippen molar-refractivity contribution in [1.29, 1.82) is 0 Å². The second kappa shape index (κ2) is 4.28. The van der Waals surface area contributed by atoms with Crippen LogP contribution in [0, 0.1) is 0 Å². The van der Waals surface area contributed by atoms with Gasteiger partial charge in [0.1, 0.15) is 0 Å². The topological polar surface area (TPSA) is 24.9 Å². The van der Waals surface area contributed by atoms with E-state index < -0.39 is 0 Å². The van der Waals surface area contributed by atoms with E-state index in [4.69, 9.17) is 11.6 Å². The zero-order chi connectivity index (χ0) is 9.86. The highest BCUT2D eigenvalue weighted by Crippen LogP contribution is 2.32. The number of pyridine rings is 1. The maximum absolute atomic E-state index is 5.94. The molecule has 1 N–H and O–H groups in total. The molecule has 1 aliphatic rings. The van der Waals surface area contributed by atoms with Crippen molar-refractivity contribution in [3.8, 4) is 0 Å². The number of alkyl halides is 1. The van der Waals surface area contributed by atoms with Crippen LogP contribution >= 0.6 is 11.6 Å². The lowest BCUT2D eigenvalue weighted by Crippen LogP contribution is -2.52. The second-order valence-corrected chi connectivity index (χ2v) is 4.21. The van der Waals surface area contributed by atoms with Gasteiger partial charge in [0.15, 0.2) is 0 Å². The monoisotopic (exact) mass is 210 g/mol. The van der Waals surface area contributed by atoms with Gasteiger partial charge in [-0.2, -0.15) is 0 Å². The number of halogens is 1. The van der Waals surface area contributed by atoms with Crippen molar-refractivity contribution in [3.63, 3.8) is 0 Å². The molecule has 0 aromatic carbocycles. The smallest absolute Gasteiger partial charge is 0.0541 e. The number of nitrogens with zero attached hydrogens (tertiary/aromatic N) is 1. The van der Waals surface area contributed by atoms with Gasteiger partial charge >= 0.3 is 0 Å². The molecule has 1 saturated carbocycles. The molecule has 0 unspecified atom stereocenters. The largest absolute Gasteiger partial charge is 0.304 e. The van der Waals surface area contributed by atoms with E-state index in [1.54, 1.807) is 0 Å². The molecule has 2 nitrogen and oxygen atoms in total. The molecule has 2 rings (SSSR count). The van der Waals surface area contributed by atoms with Crippen molar-refractivity contribution in [1.82, 2.24) is 10.3 Å². The Morgan fingerprint density at radius 1 is 1.43 bits per heavy atom. The van der Waals surface area contributed by atoms with Gasteiger partial charge < -0.3 is 5.32 Å². The molecule has 76 valence electrons. The van der Waals surface area contributed by atoms with Gasteiger partial charge in [0.2, 0.25) is 0 Å². The Morgan fingerprint density at radius 3 is 2.79 bits per heavy atom. The van der Waals surface area contributed by atoms with Crippen LogP contribution in [0.3, 0.4) is 0 Å². The molecule has 1 heterocycles. The van der Waals surface area contributed by atoms with E-state index in [9.17, 15) is 0 Å². The third-order valence-electron chi connectivity index (χ3n) is 2.94. The standard InChI is InChI=1S/C11H15ClN2/c12-9-11(5-3-6-11)14-8-10-4-1-2-7-13-10/h1-2,4,7,14H,3,5-6,8-9H2. The lowest BCUT2D eigenvalue weighted by molar-refractivity contribution is 0.210. The predicted molar refractivity (Wildman–Crippen MR) is 58.4 cm³/mol. The number of rotatable bonds is 4. The van der Waals surface area contributed by atoms with Crippen molar-refractivity contribution in [2.75, 3.05) is 5.88 Å². The summed E-state index contributed by atoms with van der Waals surface area (Å²) in [5, 5.41) is 3.50. The number of hydrogen-bond donors (Lipinski definition) is 1. The average molecular weight is 211 g/mol. The maximum atomic E-state index is 5.94. The van der Waals surface area contributed by atoms with Crippen molar-refractivity contribution >= 4 is 11.6 Å². The third-order valence-corrected chi connectivity index (χ3v) is 3.45. The van der Waals surface area contributed by atoms with Crippen LogP contribution < -0.4 is 5.32 Å². The predicted octanol–water partition coefficient (Wildman–Crippen LogP) is 2.33. The van der Waals surface area contributed by atoms with E-state index in [0.29, 0.717) is 5.88 Å². The van der Waals surface area contributed by atoms with Gasteiger partial charge in [0, 0.05) is 24.2 Å². The Bertz CT molecular complexity index is 277. The van der Waals surface area contributed by atoms with Gasteiger partial charge in [-0.3, -0.25) is 4.98 Å². The van der Waals surface area contributed by atoms with Crippen LogP contribution in [0.2, 0.25) is 0 Å². The molecule has 1 aromatic heterocycles. The van der Waals surface area contributed by atoms with Crippen LogP contribution in [0.15, 0.2) is 24.4 Å². The summed E-state index contributed by atoms with van der Waals surface area (Å²) in [6, 6.07) is 5.98. The molecular formula is C11H15ClN2. The summed E-state index contributed by atoms with van der Waals surface area (Å²) in [5.74, 6) is 0.708. The molecule has 3 heteroatoms. The SMILES string of the molecule is ClCC1(NCc2ccccn2)CCC1. The first-order valence-corrected chi connectivity index (χ1v) is 5.59. The van der Waals surface area contributed by atoms with E-state index in [1.165, 1.54) is 19.3 Å². The molecule has 0 saturated heterocycles. The summed E-state index contributed by atoms with van der Waals surface area (Å²) < 4.78 is 0. The van der Waals surface area contributed by atoms with E-state index >= 15 is 0 Å². The van der Waals surface area contributed by atoms with Crippen LogP contribution in [-0.2, 0) is 6.54 Å². The molecule has 1 fully saturated rings. The van der Waals surface area contributed by atoms with E-state index in [2.05, 4.69) is 10.3 Å². The highest BCUT2D eigenvalue weighted by molar-refractivity contribution is 6.18. The van der Waals surface area contributed by atoms with Crippen molar-refractivity contribution in [3.05, 3.63) is 30.1 Å². The molecule has 0 bridgehead atoms. The first-order valence-electron chi connectivity index (χ1n) is 5.06. The van der Waals surface area contributed by atoms with Crippen molar-refractivity contribution in [2.45, 2.75) is 31.3 Å². The Hall–Kier alpha value is -0.600. The average Bonchev–Trinajstić information content (AvgIpc) is 2.19. The van der Waals surface area contributed by atoms with Gasteiger partial charge in [-0.05, 0) is 31.4 Å². The molecule has 0 radical (unpaired) electrons. The van der Waals surface area contributed by atoms with Gasteiger partial charge in [0.05, 0.1) is 5.69 Å². The normalized spacial score (nSPS) is 18.9. The van der Waals surface area contributed by atoms with E-state index in [-0.39, 0.29) is 5.54 Å². The van der Waals surface area contributed by atoms with Crippen LogP contribution in [0.5, 0.6) is 0 Å². The quantitative estimate of drug-likeness (QED) is 0.772. The fourth-order valence-corrected chi connectivity index (χ4v) is 2.10. The molecule has 0 aliphatic heterocycles. The zero-order valence-electron chi connectivity index (χ0n) is 8.17. The van der Waals surface area contributed by atoms with Gasteiger partial charge in [-0.25, -0.2) is 0 Å². The van der Waals surface area contributed by atoms with Crippen LogP contribution in [-0.4, -0.2) is 16.4 Å². The molecule has 0 atom stereocenters. The first-order chi connectivity index (χ1) is 6.85. The number of hydrogen-bond acceptors (Lipinski definition) is 2. The van der Waals surface area contributed by atoms with Gasteiger partial charge in [0.25, 0.3) is 0 Å². The third kappa shape index (κ3) is 2.07. The van der Waals surface area contributed by atoms with Crippen molar-refractivity contribution in [2.24, 2.45) is 0 Å². The minimum atomic E-state index is 0.194. The Balaban J connectivity index is 1.88. The molecule has 1 aromatic rings. The highest BCUT2D eigenvalue weighted by Gasteiger charge is 2.35. The summed E-state index contributed by atoms with van der Waals surface area (Å²) in [4.78, 5) is 4.27. The molecule has 0 amide bonds. The molecule has 0 spiro atoms. The Labute approximate surface area is 89.7 Å². The molecule has 14 heavy (non-hydrogen) atoms. The van der Waals surface area contributed by atoms with Crippen LogP contribution in [0.4, 0.5) is 0 Å². The highest BCUT2D eigenvalue weighted by atomic mass is 35.5. The summed E-state index contributed by atoms with van der Waals surface area (Å²) in [5.41, 5.74) is 1.28. The first kappa shape index (κ1) is 9.94. The van der Waals surface area contributed by atoms with Gasteiger partial charge in [-0.15, -0.1) is 11.6 Å². The van der Waals surface area contributed by atoms with Crippen LogP contribution in [0.1, 0.15) is 25.0 Å².